The van der Waals surface area contributed by atoms with Crippen LogP contribution in [0.5, 0.6) is 0 Å². The van der Waals surface area contributed by atoms with Crippen LogP contribution in [0.1, 0.15) is 33.4 Å². The van der Waals surface area contributed by atoms with E-state index in [-0.39, 0.29) is 22.8 Å². The number of nitrogens with one attached hydrogen (secondary N) is 1. The lowest BCUT2D eigenvalue weighted by molar-refractivity contribution is -0.119. The highest BCUT2D eigenvalue weighted by Crippen LogP contribution is 2.29. The van der Waals surface area contributed by atoms with Crippen LogP contribution in [0, 0.1) is 5.92 Å². The van der Waals surface area contributed by atoms with Crippen LogP contribution in [0.4, 0.5) is 5.13 Å². The summed E-state index contributed by atoms with van der Waals surface area (Å²) in [6.45, 7) is 8.46. The number of nitrogens with zero attached hydrogens (tertiary/aromatic N) is 4. The molecule has 7 nitrogen and oxygen atoms in total. The van der Waals surface area contributed by atoms with Crippen LogP contribution < -0.4 is 10.9 Å². The van der Waals surface area contributed by atoms with Crippen molar-refractivity contribution < 1.29 is 4.79 Å². The Labute approximate surface area is 164 Å². The van der Waals surface area contributed by atoms with Gasteiger partial charge in [0.1, 0.15) is 0 Å². The van der Waals surface area contributed by atoms with Crippen molar-refractivity contribution in [2.45, 2.75) is 49.2 Å². The van der Waals surface area contributed by atoms with E-state index in [9.17, 15) is 9.59 Å². The van der Waals surface area contributed by atoms with E-state index < -0.39 is 0 Å². The Morgan fingerprint density at radius 3 is 2.88 bits per heavy atom. The molecule has 1 aliphatic rings. The summed E-state index contributed by atoms with van der Waals surface area (Å²) in [5.74, 6) is 1.05. The number of thioether (sulfide) groups is 2. The van der Waals surface area contributed by atoms with Crippen molar-refractivity contribution in [1.29, 1.82) is 0 Å². The maximum absolute atomic E-state index is 12.6. The second-order valence-electron chi connectivity index (χ2n) is 6.93. The summed E-state index contributed by atoms with van der Waals surface area (Å²) in [6.07, 6.45) is 0. The number of amides is 1. The average Bonchev–Trinajstić information content (AvgIpc) is 3.01. The van der Waals surface area contributed by atoms with Gasteiger partial charge in [-0.3, -0.25) is 14.2 Å². The van der Waals surface area contributed by atoms with Gasteiger partial charge in [0.15, 0.2) is 9.50 Å². The van der Waals surface area contributed by atoms with E-state index in [2.05, 4.69) is 20.5 Å². The molecule has 1 amide bonds. The van der Waals surface area contributed by atoms with E-state index in [0.717, 1.165) is 15.8 Å². The van der Waals surface area contributed by atoms with E-state index in [4.69, 9.17) is 0 Å². The zero-order chi connectivity index (χ0) is 18.9. The molecule has 1 aliphatic heterocycles. The van der Waals surface area contributed by atoms with Crippen LogP contribution in [0.15, 0.2) is 20.4 Å². The lowest BCUT2D eigenvalue weighted by atomic mass is 9.92. The summed E-state index contributed by atoms with van der Waals surface area (Å²) in [6, 6.07) is 1.57. The zero-order valence-corrected chi connectivity index (χ0v) is 17.6. The largest absolute Gasteiger partial charge is 0.300 e. The number of anilines is 1. The summed E-state index contributed by atoms with van der Waals surface area (Å²) < 4.78 is 2.42. The summed E-state index contributed by atoms with van der Waals surface area (Å²) >= 11 is 4.40. The molecule has 0 saturated carbocycles. The molecule has 26 heavy (non-hydrogen) atoms. The third-order valence-electron chi connectivity index (χ3n) is 3.83. The van der Waals surface area contributed by atoms with Crippen LogP contribution >= 0.6 is 34.9 Å². The smallest absolute Gasteiger partial charge is 0.254 e. The standard InChI is InChI=1S/C16H21N5O2S3/c1-5-24-15-20-19-13(26-15)18-12(23)9-7-21-11(22)6-10(16(2,3)4)17-14(21)25-8-9/h6,9H,5,7-8H2,1-4H3,(H,18,19,23). The van der Waals surface area contributed by atoms with Crippen molar-refractivity contribution in [3.05, 3.63) is 22.1 Å². The maximum atomic E-state index is 12.6. The van der Waals surface area contributed by atoms with Gasteiger partial charge in [0, 0.05) is 23.8 Å². The second-order valence-corrected chi connectivity index (χ2v) is 10.4. The first-order valence-electron chi connectivity index (χ1n) is 8.30. The van der Waals surface area contributed by atoms with Crippen molar-refractivity contribution in [2.24, 2.45) is 5.92 Å². The highest BCUT2D eigenvalue weighted by atomic mass is 32.2. The van der Waals surface area contributed by atoms with Gasteiger partial charge in [-0.25, -0.2) is 4.98 Å². The van der Waals surface area contributed by atoms with Gasteiger partial charge < -0.3 is 5.32 Å². The lowest BCUT2D eigenvalue weighted by Gasteiger charge is -2.26. The Hall–Kier alpha value is -1.39. The fourth-order valence-electron chi connectivity index (χ4n) is 2.40. The maximum Gasteiger partial charge on any atom is 0.254 e. The van der Waals surface area contributed by atoms with Gasteiger partial charge in [0.25, 0.3) is 5.56 Å². The summed E-state index contributed by atoms with van der Waals surface area (Å²) in [4.78, 5) is 29.7. The molecule has 0 saturated heterocycles. The number of fused-ring (bicyclic) bond motifs is 1. The predicted molar refractivity (Wildman–Crippen MR) is 106 cm³/mol. The SMILES string of the molecule is CCSc1nnc(NC(=O)C2CSc3nc(C(C)(C)C)cc(=O)n3C2)s1. The molecule has 1 unspecified atom stereocenters. The van der Waals surface area contributed by atoms with E-state index in [1.54, 1.807) is 22.4 Å². The molecule has 0 radical (unpaired) electrons. The van der Waals surface area contributed by atoms with Crippen LogP contribution in [0.2, 0.25) is 0 Å². The normalized spacial score (nSPS) is 17.0. The van der Waals surface area contributed by atoms with Gasteiger partial charge in [-0.15, -0.1) is 10.2 Å². The van der Waals surface area contributed by atoms with Crippen LogP contribution in [0.3, 0.4) is 0 Å². The summed E-state index contributed by atoms with van der Waals surface area (Å²) in [5, 5.41) is 12.0. The number of rotatable bonds is 4. The summed E-state index contributed by atoms with van der Waals surface area (Å²) in [5.41, 5.74) is 0.483. The molecule has 1 N–H and O–H groups in total. The topological polar surface area (TPSA) is 89.8 Å². The Balaban J connectivity index is 1.73. The van der Waals surface area contributed by atoms with E-state index in [0.29, 0.717) is 22.6 Å². The number of aromatic nitrogens is 4. The number of hydrogen-bond donors (Lipinski definition) is 1. The summed E-state index contributed by atoms with van der Waals surface area (Å²) in [7, 11) is 0. The second kappa shape index (κ2) is 7.69. The van der Waals surface area contributed by atoms with Gasteiger partial charge in [-0.2, -0.15) is 0 Å². The molecule has 10 heteroatoms. The minimum absolute atomic E-state index is 0.109. The van der Waals surface area contributed by atoms with Crippen LogP contribution in [-0.4, -0.2) is 37.2 Å². The number of carbonyl (C=O) groups excluding carboxylic acids is 1. The Bertz CT molecular complexity index is 872. The Morgan fingerprint density at radius 2 is 2.19 bits per heavy atom. The van der Waals surface area contributed by atoms with Crippen molar-refractivity contribution in [1.82, 2.24) is 19.7 Å². The van der Waals surface area contributed by atoms with Crippen LogP contribution in [0.25, 0.3) is 0 Å². The minimum atomic E-state index is -0.307. The molecule has 3 rings (SSSR count). The van der Waals surface area contributed by atoms with Gasteiger partial charge in [-0.05, 0) is 5.75 Å². The van der Waals surface area contributed by atoms with Gasteiger partial charge in [0.2, 0.25) is 11.0 Å². The quantitative estimate of drug-likeness (QED) is 0.470. The van der Waals surface area contributed by atoms with E-state index in [1.165, 1.54) is 23.1 Å². The third kappa shape index (κ3) is 4.29. The molecule has 0 aliphatic carbocycles. The first-order valence-corrected chi connectivity index (χ1v) is 11.1. The fourth-order valence-corrected chi connectivity index (χ4v) is 5.15. The van der Waals surface area contributed by atoms with Gasteiger partial charge in [-0.1, -0.05) is 62.6 Å². The minimum Gasteiger partial charge on any atom is -0.300 e. The fraction of sp³-hybridized carbons (Fsp3) is 0.562. The third-order valence-corrected chi connectivity index (χ3v) is 6.83. The lowest BCUT2D eigenvalue weighted by Crippen LogP contribution is -2.37. The highest BCUT2D eigenvalue weighted by molar-refractivity contribution is 8.01. The molecule has 0 bridgehead atoms. The van der Waals surface area contributed by atoms with E-state index >= 15 is 0 Å². The molecule has 140 valence electrons. The number of hydrogen-bond acceptors (Lipinski definition) is 8. The van der Waals surface area contributed by atoms with Crippen molar-refractivity contribution >= 4 is 45.9 Å². The van der Waals surface area contributed by atoms with Crippen LogP contribution in [-0.2, 0) is 16.8 Å². The van der Waals surface area contributed by atoms with Crippen molar-refractivity contribution in [3.8, 4) is 0 Å². The monoisotopic (exact) mass is 411 g/mol. The average molecular weight is 412 g/mol. The van der Waals surface area contributed by atoms with Crippen molar-refractivity contribution in [2.75, 3.05) is 16.8 Å². The zero-order valence-electron chi connectivity index (χ0n) is 15.1. The molecule has 3 heterocycles. The molecule has 0 aromatic carbocycles. The highest BCUT2D eigenvalue weighted by Gasteiger charge is 2.29. The molecule has 1 atom stereocenters. The molecule has 2 aromatic heterocycles. The number of carbonyl (C=O) groups is 1. The molecule has 0 spiro atoms. The van der Waals surface area contributed by atoms with Gasteiger partial charge >= 0.3 is 0 Å². The molecular formula is C16H21N5O2S3. The Kier molecular flexibility index (Phi) is 5.73. The first kappa shape index (κ1) is 19.4. The molecule has 0 fully saturated rings. The predicted octanol–water partition coefficient (Wildman–Crippen LogP) is 2.86. The van der Waals surface area contributed by atoms with E-state index in [1.807, 2.05) is 27.7 Å². The van der Waals surface area contributed by atoms with Crippen molar-refractivity contribution in [3.63, 3.8) is 0 Å². The van der Waals surface area contributed by atoms with Gasteiger partial charge in [0.05, 0.1) is 11.6 Å². The first-order chi connectivity index (χ1) is 12.3. The Morgan fingerprint density at radius 1 is 1.42 bits per heavy atom. The molecular weight excluding hydrogens is 390 g/mol. The molecule has 2 aromatic rings.